The first-order chi connectivity index (χ1) is 28.5. The third kappa shape index (κ3) is 40.3. The zero-order valence-electron chi connectivity index (χ0n) is 35.9. The molecule has 0 aromatic rings. The van der Waals surface area contributed by atoms with Gasteiger partial charge in [-0.2, -0.15) is 0 Å². The van der Waals surface area contributed by atoms with Crippen molar-refractivity contribution in [2.45, 2.75) is 167 Å². The SMILES string of the molecule is CCCCC/C=C\C/C=C\C/C=C\CCCCCCC(=O)O[C@H](COC(=O)CCC[C@@H](O)/C=C/C=C\C/C=C\C=C\[C@@H](O)CCCCC)COP(=O)(O)OC[C@@H](O)CO. The zero-order chi connectivity index (χ0) is 43.7. The fraction of sp³-hybridized carbons (Fsp3) is 0.652. The molecule has 0 fully saturated rings. The average Bonchev–Trinajstić information content (AvgIpc) is 3.21. The van der Waals surface area contributed by atoms with Crippen molar-refractivity contribution in [3.05, 3.63) is 85.1 Å². The van der Waals surface area contributed by atoms with E-state index in [0.717, 1.165) is 70.6 Å². The lowest BCUT2D eigenvalue weighted by molar-refractivity contribution is -0.161. The number of carbonyl (C=O) groups is 2. The first-order valence-electron chi connectivity index (χ1n) is 21.8. The summed E-state index contributed by atoms with van der Waals surface area (Å²) in [5.41, 5.74) is 0. The average molecular weight is 853 g/mol. The number of allylic oxidation sites excluding steroid dienone is 12. The minimum atomic E-state index is -4.69. The van der Waals surface area contributed by atoms with Crippen LogP contribution in [-0.4, -0.2) is 88.1 Å². The molecule has 1 unspecified atom stereocenters. The van der Waals surface area contributed by atoms with Crippen molar-refractivity contribution >= 4 is 19.8 Å². The van der Waals surface area contributed by atoms with Crippen molar-refractivity contribution in [3.8, 4) is 0 Å². The van der Waals surface area contributed by atoms with Gasteiger partial charge in [0, 0.05) is 12.8 Å². The van der Waals surface area contributed by atoms with E-state index >= 15 is 0 Å². The molecule has 13 heteroatoms. The normalized spacial score (nSPS) is 15.7. The topological polar surface area (TPSA) is 189 Å². The van der Waals surface area contributed by atoms with E-state index in [9.17, 15) is 34.4 Å². The molecular weight excluding hydrogens is 775 g/mol. The van der Waals surface area contributed by atoms with Crippen LogP contribution in [0.1, 0.15) is 142 Å². The maximum absolute atomic E-state index is 12.6. The second kappa shape index (κ2) is 40.5. The Balaban J connectivity index is 4.59. The summed E-state index contributed by atoms with van der Waals surface area (Å²) in [6.07, 6.45) is 40.4. The molecule has 0 radical (unpaired) electrons. The number of unbranched alkanes of at least 4 members (excludes halogenated alkanes) is 9. The standard InChI is InChI=1S/C46H77O12P/c1-3-5-7-8-9-10-11-12-13-14-15-16-17-18-22-25-29-35-46(52)58-44(40-57-59(53,54)56-38-43(50)37-47)39-55-45(51)36-30-34-42(49)33-28-24-21-19-20-23-27-32-41(48)31-26-6-4-2/h9-10,12-13,15-16,20-21,23-24,27-28,32-33,41-44,47-50H,3-8,11,14,17-19,22,25-26,29-31,34-40H2,1-2H3,(H,53,54)/b10-9-,13-12-,16-15-,23-20-,24-21-,32-27+,33-28+/t41-,42-,43-,44+/m0/s1. The summed E-state index contributed by atoms with van der Waals surface area (Å²) < 4.78 is 32.5. The van der Waals surface area contributed by atoms with Crippen LogP contribution in [0.15, 0.2) is 85.1 Å². The molecule has 0 aromatic carbocycles. The number of phosphoric acid groups is 1. The van der Waals surface area contributed by atoms with Crippen molar-refractivity contribution in [2.24, 2.45) is 0 Å². The van der Waals surface area contributed by atoms with E-state index in [1.807, 2.05) is 30.4 Å². The van der Waals surface area contributed by atoms with E-state index in [2.05, 4.69) is 54.8 Å². The van der Waals surface area contributed by atoms with Crippen LogP contribution in [0.25, 0.3) is 0 Å². The van der Waals surface area contributed by atoms with E-state index in [0.29, 0.717) is 25.7 Å². The lowest BCUT2D eigenvalue weighted by Crippen LogP contribution is -2.30. The number of ether oxygens (including phenoxy) is 2. The minimum Gasteiger partial charge on any atom is -0.462 e. The molecule has 338 valence electrons. The molecule has 0 aliphatic heterocycles. The van der Waals surface area contributed by atoms with E-state index in [4.69, 9.17) is 19.1 Å². The van der Waals surface area contributed by atoms with Crippen molar-refractivity contribution in [1.29, 1.82) is 0 Å². The molecule has 0 amide bonds. The summed E-state index contributed by atoms with van der Waals surface area (Å²) in [5, 5.41) is 38.5. The largest absolute Gasteiger partial charge is 0.472 e. The van der Waals surface area contributed by atoms with Gasteiger partial charge in [0.15, 0.2) is 6.10 Å². The Labute approximate surface area is 355 Å². The number of rotatable bonds is 39. The second-order valence-corrected chi connectivity index (χ2v) is 15.9. The molecule has 0 spiro atoms. The van der Waals surface area contributed by atoms with E-state index in [1.54, 1.807) is 18.2 Å². The molecule has 5 atom stereocenters. The number of carbonyl (C=O) groups excluding carboxylic acids is 2. The van der Waals surface area contributed by atoms with Crippen LogP contribution in [0.5, 0.6) is 0 Å². The van der Waals surface area contributed by atoms with Crippen LogP contribution in [0.2, 0.25) is 0 Å². The van der Waals surface area contributed by atoms with Gasteiger partial charge in [-0.05, 0) is 70.6 Å². The lowest BCUT2D eigenvalue weighted by Gasteiger charge is -2.20. The first-order valence-corrected chi connectivity index (χ1v) is 23.3. The van der Waals surface area contributed by atoms with E-state index < -0.39 is 70.6 Å². The fourth-order valence-electron chi connectivity index (χ4n) is 5.27. The van der Waals surface area contributed by atoms with E-state index in [1.165, 1.54) is 19.3 Å². The van der Waals surface area contributed by atoms with Gasteiger partial charge in [0.1, 0.15) is 12.7 Å². The van der Waals surface area contributed by atoms with Crippen molar-refractivity contribution in [2.75, 3.05) is 26.4 Å². The fourth-order valence-corrected chi connectivity index (χ4v) is 6.06. The molecular formula is C46H77O12P. The molecule has 5 N–H and O–H groups in total. The molecule has 0 heterocycles. The highest BCUT2D eigenvalue weighted by atomic mass is 31.2. The van der Waals surface area contributed by atoms with Gasteiger partial charge in [-0.3, -0.25) is 18.6 Å². The van der Waals surface area contributed by atoms with Gasteiger partial charge in [0.05, 0.1) is 32.0 Å². The number of aliphatic hydroxyl groups excluding tert-OH is 4. The predicted octanol–water partition coefficient (Wildman–Crippen LogP) is 9.39. The van der Waals surface area contributed by atoms with Crippen molar-refractivity contribution in [1.82, 2.24) is 0 Å². The molecule has 0 bridgehead atoms. The Hall–Kier alpha value is -2.93. The van der Waals surface area contributed by atoms with Crippen LogP contribution in [0.4, 0.5) is 0 Å². The number of phosphoric ester groups is 1. The Kier molecular flexibility index (Phi) is 38.5. The van der Waals surface area contributed by atoms with Gasteiger partial charge in [-0.15, -0.1) is 0 Å². The monoisotopic (exact) mass is 853 g/mol. The first kappa shape index (κ1) is 56.1. The second-order valence-electron chi connectivity index (χ2n) is 14.4. The Morgan fingerprint density at radius 1 is 0.576 bits per heavy atom. The molecule has 59 heavy (non-hydrogen) atoms. The van der Waals surface area contributed by atoms with Crippen LogP contribution < -0.4 is 0 Å². The highest BCUT2D eigenvalue weighted by Crippen LogP contribution is 2.43. The van der Waals surface area contributed by atoms with Gasteiger partial charge in [-0.1, -0.05) is 144 Å². The molecule has 0 aromatic heterocycles. The Bertz CT molecular complexity index is 1290. The summed E-state index contributed by atoms with van der Waals surface area (Å²) in [5.74, 6) is -1.19. The van der Waals surface area contributed by atoms with Crippen LogP contribution >= 0.6 is 7.82 Å². The van der Waals surface area contributed by atoms with Crippen LogP contribution in [-0.2, 0) is 32.7 Å². The maximum Gasteiger partial charge on any atom is 0.472 e. The molecule has 0 rings (SSSR count). The summed E-state index contributed by atoms with van der Waals surface area (Å²) in [6, 6.07) is 0. The number of esters is 2. The van der Waals surface area contributed by atoms with Crippen LogP contribution in [0.3, 0.4) is 0 Å². The minimum absolute atomic E-state index is 0.0166. The summed E-state index contributed by atoms with van der Waals surface area (Å²) in [7, 11) is -4.69. The molecule has 0 aliphatic rings. The third-order valence-electron chi connectivity index (χ3n) is 8.73. The van der Waals surface area contributed by atoms with Gasteiger partial charge >= 0.3 is 19.8 Å². The lowest BCUT2D eigenvalue weighted by atomic mass is 10.1. The van der Waals surface area contributed by atoms with Gasteiger partial charge in [-0.25, -0.2) is 4.57 Å². The summed E-state index contributed by atoms with van der Waals surface area (Å²) in [4.78, 5) is 35.0. The summed E-state index contributed by atoms with van der Waals surface area (Å²) >= 11 is 0. The van der Waals surface area contributed by atoms with Gasteiger partial charge < -0.3 is 34.8 Å². The molecule has 0 saturated carbocycles. The number of hydrogen-bond donors (Lipinski definition) is 5. The Morgan fingerprint density at radius 3 is 1.69 bits per heavy atom. The number of hydrogen-bond acceptors (Lipinski definition) is 11. The van der Waals surface area contributed by atoms with Crippen LogP contribution in [0, 0.1) is 0 Å². The van der Waals surface area contributed by atoms with Gasteiger partial charge in [0.25, 0.3) is 0 Å². The smallest absolute Gasteiger partial charge is 0.462 e. The zero-order valence-corrected chi connectivity index (χ0v) is 36.8. The summed E-state index contributed by atoms with van der Waals surface area (Å²) in [6.45, 7) is 1.94. The highest BCUT2D eigenvalue weighted by molar-refractivity contribution is 7.47. The molecule has 12 nitrogen and oxygen atoms in total. The maximum atomic E-state index is 12.6. The quantitative estimate of drug-likeness (QED) is 0.0130. The van der Waals surface area contributed by atoms with E-state index in [-0.39, 0.29) is 12.8 Å². The van der Waals surface area contributed by atoms with Crippen molar-refractivity contribution in [3.63, 3.8) is 0 Å². The number of aliphatic hydroxyl groups is 4. The molecule has 0 aliphatic carbocycles. The van der Waals surface area contributed by atoms with Crippen molar-refractivity contribution < 1.29 is 58.0 Å². The predicted molar refractivity (Wildman–Crippen MR) is 235 cm³/mol. The highest BCUT2D eigenvalue weighted by Gasteiger charge is 2.27. The molecule has 0 saturated heterocycles. The third-order valence-corrected chi connectivity index (χ3v) is 9.68. The van der Waals surface area contributed by atoms with Gasteiger partial charge in [0.2, 0.25) is 0 Å². The Morgan fingerprint density at radius 2 is 1.08 bits per heavy atom.